The molecule has 1 aromatic rings. The monoisotopic (exact) mass is 350 g/mol. The molecule has 116 valence electrons. The van der Waals surface area contributed by atoms with Crippen LogP contribution >= 0.6 is 15.9 Å². The van der Waals surface area contributed by atoms with Crippen LogP contribution in [0.15, 0.2) is 34.3 Å². The van der Waals surface area contributed by atoms with Crippen LogP contribution in [0.3, 0.4) is 0 Å². The van der Waals surface area contributed by atoms with Gasteiger partial charge in [0.2, 0.25) is 0 Å². The zero-order valence-corrected chi connectivity index (χ0v) is 15.4. The first-order valence-electron chi connectivity index (χ1n) is 7.74. The van der Waals surface area contributed by atoms with Crippen molar-refractivity contribution in [2.24, 2.45) is 5.41 Å². The van der Waals surface area contributed by atoms with Gasteiger partial charge in [0.25, 0.3) is 0 Å². The highest BCUT2D eigenvalue weighted by molar-refractivity contribution is 9.10. The Bertz CT molecular complexity index is 529. The maximum atomic E-state index is 3.72. The molecule has 0 aromatic heterocycles. The van der Waals surface area contributed by atoms with Gasteiger partial charge in [-0.2, -0.15) is 0 Å². The first-order valence-corrected chi connectivity index (χ1v) is 8.53. The lowest BCUT2D eigenvalue weighted by Crippen LogP contribution is -2.31. The van der Waals surface area contributed by atoms with E-state index in [1.807, 2.05) is 7.05 Å². The topological polar surface area (TPSA) is 15.3 Å². The summed E-state index contributed by atoms with van der Waals surface area (Å²) >= 11 is 3.72. The van der Waals surface area contributed by atoms with E-state index in [-0.39, 0.29) is 0 Å². The number of hydrogen-bond acceptors (Lipinski definition) is 2. The summed E-state index contributed by atoms with van der Waals surface area (Å²) in [5.74, 6) is 0. The Morgan fingerprint density at radius 1 is 1.29 bits per heavy atom. The minimum atomic E-state index is 0.304. The van der Waals surface area contributed by atoms with Gasteiger partial charge in [-0.05, 0) is 43.5 Å². The van der Waals surface area contributed by atoms with Crippen LogP contribution in [0.1, 0.15) is 45.7 Å². The summed E-state index contributed by atoms with van der Waals surface area (Å²) in [6.45, 7) is 11.2. The molecule has 1 aromatic carbocycles. The number of hydrogen-bond donors (Lipinski definition) is 1. The number of nitrogens with one attached hydrogen (secondary N) is 1. The van der Waals surface area contributed by atoms with Crippen LogP contribution in [0, 0.1) is 5.41 Å². The van der Waals surface area contributed by atoms with Gasteiger partial charge in [-0.3, -0.25) is 0 Å². The maximum absolute atomic E-state index is 3.72. The summed E-state index contributed by atoms with van der Waals surface area (Å²) in [5, 5.41) is 3.29. The predicted molar refractivity (Wildman–Crippen MR) is 96.0 cm³/mol. The van der Waals surface area contributed by atoms with E-state index in [2.05, 4.69) is 78.1 Å². The van der Waals surface area contributed by atoms with E-state index >= 15 is 0 Å². The quantitative estimate of drug-likeness (QED) is 0.778. The molecule has 1 heterocycles. The van der Waals surface area contributed by atoms with Gasteiger partial charge in [-0.1, -0.05) is 54.4 Å². The lowest BCUT2D eigenvalue weighted by atomic mass is 9.83. The Hall–Kier alpha value is -0.800. The van der Waals surface area contributed by atoms with Crippen molar-refractivity contribution < 1.29 is 0 Å². The van der Waals surface area contributed by atoms with Crippen molar-refractivity contribution in [1.82, 2.24) is 5.32 Å². The molecule has 1 atom stereocenters. The molecular weight excluding hydrogens is 324 g/mol. The van der Waals surface area contributed by atoms with Gasteiger partial charge in [-0.15, -0.1) is 0 Å². The fourth-order valence-electron chi connectivity index (χ4n) is 2.80. The molecule has 1 unspecified atom stereocenters. The van der Waals surface area contributed by atoms with Gasteiger partial charge in [0.1, 0.15) is 0 Å². The van der Waals surface area contributed by atoms with Gasteiger partial charge in [0.05, 0.1) is 0 Å². The van der Waals surface area contributed by atoms with E-state index < -0.39 is 0 Å². The maximum Gasteiger partial charge on any atom is 0.0380 e. The Morgan fingerprint density at radius 2 is 2.00 bits per heavy atom. The number of nitrogens with zero attached hydrogens (tertiary/aromatic N) is 1. The summed E-state index contributed by atoms with van der Waals surface area (Å²) in [5.41, 5.74) is 4.50. The molecule has 0 amide bonds. The second kappa shape index (κ2) is 6.53. The molecule has 2 nitrogen and oxygen atoms in total. The van der Waals surface area contributed by atoms with Gasteiger partial charge < -0.3 is 10.2 Å². The average molecular weight is 351 g/mol. The number of rotatable bonds is 3. The van der Waals surface area contributed by atoms with Crippen LogP contribution in [0.4, 0.5) is 5.69 Å². The van der Waals surface area contributed by atoms with Crippen LogP contribution in [0.2, 0.25) is 0 Å². The van der Waals surface area contributed by atoms with Gasteiger partial charge >= 0.3 is 0 Å². The zero-order valence-electron chi connectivity index (χ0n) is 13.8. The van der Waals surface area contributed by atoms with Crippen molar-refractivity contribution in [2.75, 3.05) is 25.0 Å². The van der Waals surface area contributed by atoms with Crippen molar-refractivity contribution in [2.45, 2.75) is 40.2 Å². The third-order valence-corrected chi connectivity index (χ3v) is 5.11. The largest absolute Gasteiger partial charge is 0.367 e. The molecule has 3 heteroatoms. The van der Waals surface area contributed by atoms with Crippen molar-refractivity contribution in [1.29, 1.82) is 0 Å². The molecule has 0 saturated carbocycles. The summed E-state index contributed by atoms with van der Waals surface area (Å²) in [6, 6.07) is 7.08. The molecule has 1 N–H and O–H groups in total. The molecule has 0 fully saturated rings. The van der Waals surface area contributed by atoms with Gasteiger partial charge in [0.15, 0.2) is 0 Å². The molecule has 1 aliphatic rings. The van der Waals surface area contributed by atoms with Gasteiger partial charge in [-0.25, -0.2) is 0 Å². The second-order valence-electron chi connectivity index (χ2n) is 6.89. The fourth-order valence-corrected chi connectivity index (χ4v) is 3.51. The number of halogens is 1. The Morgan fingerprint density at radius 3 is 2.48 bits per heavy atom. The summed E-state index contributed by atoms with van der Waals surface area (Å²) in [6.07, 6.45) is 3.57. The van der Waals surface area contributed by atoms with E-state index in [0.717, 1.165) is 19.5 Å². The standard InChI is InChI=1S/C18H27BrN2/c1-13(20-5)16-7-6-15(12-17(16)19)21-10-8-14(9-11-21)18(2,3)4/h6-8,12-13,20H,9-11H2,1-5H3. The number of benzene rings is 1. The van der Waals surface area contributed by atoms with E-state index in [1.54, 1.807) is 5.57 Å². The van der Waals surface area contributed by atoms with Crippen LogP contribution in [0.25, 0.3) is 0 Å². The molecule has 21 heavy (non-hydrogen) atoms. The molecule has 2 rings (SSSR count). The second-order valence-corrected chi connectivity index (χ2v) is 7.75. The minimum Gasteiger partial charge on any atom is -0.367 e. The predicted octanol–water partition coefficient (Wildman–Crippen LogP) is 4.91. The van der Waals surface area contributed by atoms with Crippen LogP contribution < -0.4 is 10.2 Å². The van der Waals surface area contributed by atoms with Crippen LogP contribution in [-0.4, -0.2) is 20.1 Å². The third-order valence-electron chi connectivity index (χ3n) is 4.42. The first kappa shape index (κ1) is 16.6. The fraction of sp³-hybridized carbons (Fsp3) is 0.556. The highest BCUT2D eigenvalue weighted by Crippen LogP contribution is 2.33. The third kappa shape index (κ3) is 3.89. The van der Waals surface area contributed by atoms with Crippen molar-refractivity contribution >= 4 is 21.6 Å². The Balaban J connectivity index is 2.14. The lowest BCUT2D eigenvalue weighted by Gasteiger charge is -2.33. The van der Waals surface area contributed by atoms with E-state index in [1.165, 1.54) is 15.7 Å². The van der Waals surface area contributed by atoms with E-state index in [0.29, 0.717) is 11.5 Å². The Labute approximate surface area is 137 Å². The highest BCUT2D eigenvalue weighted by atomic mass is 79.9. The lowest BCUT2D eigenvalue weighted by molar-refractivity contribution is 0.472. The molecule has 0 radical (unpaired) electrons. The molecule has 1 aliphatic heterocycles. The van der Waals surface area contributed by atoms with Crippen LogP contribution in [-0.2, 0) is 0 Å². The minimum absolute atomic E-state index is 0.304. The molecule has 0 bridgehead atoms. The summed E-state index contributed by atoms with van der Waals surface area (Å²) in [4.78, 5) is 2.45. The summed E-state index contributed by atoms with van der Waals surface area (Å²) < 4.78 is 1.19. The van der Waals surface area contributed by atoms with Crippen molar-refractivity contribution in [3.05, 3.63) is 39.9 Å². The molecular formula is C18H27BrN2. The van der Waals surface area contributed by atoms with Crippen molar-refractivity contribution in [3.63, 3.8) is 0 Å². The normalized spacial score (nSPS) is 17.6. The number of anilines is 1. The zero-order chi connectivity index (χ0) is 15.6. The van der Waals surface area contributed by atoms with Crippen LogP contribution in [0.5, 0.6) is 0 Å². The summed E-state index contributed by atoms with van der Waals surface area (Å²) in [7, 11) is 1.99. The molecule has 0 spiro atoms. The average Bonchev–Trinajstić information content (AvgIpc) is 2.45. The smallest absolute Gasteiger partial charge is 0.0380 e. The molecule has 0 aliphatic carbocycles. The SMILES string of the molecule is CNC(C)c1ccc(N2CC=C(C(C)(C)C)CC2)cc1Br. The van der Waals surface area contributed by atoms with E-state index in [9.17, 15) is 0 Å². The molecule has 0 saturated heterocycles. The highest BCUT2D eigenvalue weighted by Gasteiger charge is 2.21. The van der Waals surface area contributed by atoms with Gasteiger partial charge in [0, 0.05) is 29.3 Å². The first-order chi connectivity index (χ1) is 9.82. The van der Waals surface area contributed by atoms with E-state index in [4.69, 9.17) is 0 Å². The van der Waals surface area contributed by atoms with Crippen molar-refractivity contribution in [3.8, 4) is 0 Å². The Kier molecular flexibility index (Phi) is 5.15.